The number of rotatable bonds is 4. The number of hydrogen-bond donors (Lipinski definition) is 1. The van der Waals surface area contributed by atoms with E-state index in [-0.39, 0.29) is 12.5 Å². The zero-order valence-corrected chi connectivity index (χ0v) is 12.6. The third-order valence-corrected chi connectivity index (χ3v) is 3.73. The Morgan fingerprint density at radius 1 is 1.32 bits per heavy atom. The lowest BCUT2D eigenvalue weighted by molar-refractivity contribution is -0.143. The van der Waals surface area contributed by atoms with Gasteiger partial charge in [0.2, 0.25) is 5.91 Å². The van der Waals surface area contributed by atoms with Gasteiger partial charge in [-0.2, -0.15) is 0 Å². The Balaban J connectivity index is 1.94. The van der Waals surface area contributed by atoms with Crippen molar-refractivity contribution in [2.24, 2.45) is 5.73 Å². The molecule has 2 N–H and O–H groups in total. The molecule has 2 amide bonds. The highest BCUT2D eigenvalue weighted by Crippen LogP contribution is 2.17. The molecule has 1 atom stereocenters. The summed E-state index contributed by atoms with van der Waals surface area (Å²) < 4.78 is 5.04. The molecule has 1 aliphatic rings. The van der Waals surface area contributed by atoms with E-state index in [2.05, 4.69) is 0 Å². The minimum absolute atomic E-state index is 0.378. The number of ether oxygens (including phenoxy) is 1. The zero-order valence-electron chi connectivity index (χ0n) is 12.6. The van der Waals surface area contributed by atoms with Crippen LogP contribution in [0.15, 0.2) is 24.3 Å². The first-order chi connectivity index (χ1) is 10.5. The highest BCUT2D eigenvalue weighted by atomic mass is 16.5. The predicted octanol–water partition coefficient (Wildman–Crippen LogP) is 1.02. The Kier molecular flexibility index (Phi) is 5.14. The Labute approximate surface area is 129 Å². The fourth-order valence-electron chi connectivity index (χ4n) is 2.59. The number of hydrogen-bond acceptors (Lipinski definition) is 4. The molecule has 0 unspecified atom stereocenters. The molecule has 0 radical (unpaired) electrons. The van der Waals surface area contributed by atoms with Crippen LogP contribution in [0.5, 0.6) is 0 Å². The van der Waals surface area contributed by atoms with Crippen LogP contribution in [0.3, 0.4) is 0 Å². The van der Waals surface area contributed by atoms with Crippen molar-refractivity contribution in [3.8, 4) is 0 Å². The fourth-order valence-corrected chi connectivity index (χ4v) is 2.59. The summed E-state index contributed by atoms with van der Waals surface area (Å²) in [6, 6.07) is 6.35. The molecular formula is C16H20N2O4. The van der Waals surface area contributed by atoms with Gasteiger partial charge in [-0.05, 0) is 38.3 Å². The lowest BCUT2D eigenvalue weighted by atomic mass is 10.0. The first kappa shape index (κ1) is 16.0. The molecule has 1 aromatic rings. The van der Waals surface area contributed by atoms with Crippen molar-refractivity contribution in [1.82, 2.24) is 4.90 Å². The summed E-state index contributed by atoms with van der Waals surface area (Å²) in [7, 11) is 0. The first-order valence-corrected chi connectivity index (χ1v) is 7.31. The van der Waals surface area contributed by atoms with E-state index < -0.39 is 17.9 Å². The number of aryl methyl sites for hydroxylation is 1. The van der Waals surface area contributed by atoms with Crippen LogP contribution in [0.1, 0.15) is 35.2 Å². The number of amides is 2. The molecule has 1 aliphatic heterocycles. The topological polar surface area (TPSA) is 89.7 Å². The van der Waals surface area contributed by atoms with Gasteiger partial charge in [0.25, 0.3) is 5.91 Å². The summed E-state index contributed by atoms with van der Waals surface area (Å²) in [6.07, 6.45) is 2.24. The third-order valence-electron chi connectivity index (χ3n) is 3.73. The van der Waals surface area contributed by atoms with Gasteiger partial charge in [-0.15, -0.1) is 0 Å². The Bertz CT molecular complexity index is 585. The number of primary amides is 1. The van der Waals surface area contributed by atoms with Crippen LogP contribution in [0.25, 0.3) is 0 Å². The molecule has 2 rings (SSSR count). The number of carbonyl (C=O) groups is 3. The van der Waals surface area contributed by atoms with E-state index in [1.54, 1.807) is 18.2 Å². The number of carbonyl (C=O) groups excluding carboxylic acids is 3. The van der Waals surface area contributed by atoms with Gasteiger partial charge in [0.1, 0.15) is 6.04 Å². The van der Waals surface area contributed by atoms with Gasteiger partial charge in [0, 0.05) is 6.54 Å². The van der Waals surface area contributed by atoms with Crippen LogP contribution in [-0.4, -0.2) is 41.9 Å². The van der Waals surface area contributed by atoms with Gasteiger partial charge in [-0.25, -0.2) is 4.79 Å². The van der Waals surface area contributed by atoms with Crippen molar-refractivity contribution in [3.63, 3.8) is 0 Å². The van der Waals surface area contributed by atoms with E-state index in [4.69, 9.17) is 10.5 Å². The molecular weight excluding hydrogens is 284 g/mol. The van der Waals surface area contributed by atoms with Gasteiger partial charge in [0.05, 0.1) is 5.56 Å². The Morgan fingerprint density at radius 3 is 2.77 bits per heavy atom. The third kappa shape index (κ3) is 3.84. The number of likely N-dealkylation sites (tertiary alicyclic amines) is 1. The van der Waals surface area contributed by atoms with Crippen LogP contribution >= 0.6 is 0 Å². The minimum atomic E-state index is -0.598. The molecule has 0 bridgehead atoms. The maximum Gasteiger partial charge on any atom is 0.338 e. The molecule has 1 heterocycles. The normalized spacial score (nSPS) is 17.9. The average molecular weight is 304 g/mol. The van der Waals surface area contributed by atoms with Crippen LogP contribution in [-0.2, 0) is 14.3 Å². The van der Waals surface area contributed by atoms with Gasteiger partial charge in [-0.3, -0.25) is 9.59 Å². The van der Waals surface area contributed by atoms with Crippen molar-refractivity contribution in [3.05, 3.63) is 35.4 Å². The number of esters is 1. The molecule has 1 aromatic carbocycles. The summed E-state index contributed by atoms with van der Waals surface area (Å²) in [6.45, 7) is 1.96. The highest BCUT2D eigenvalue weighted by Gasteiger charge is 2.31. The number of piperidine rings is 1. The van der Waals surface area contributed by atoms with Gasteiger partial charge < -0.3 is 15.4 Å². The second-order valence-corrected chi connectivity index (χ2v) is 5.45. The highest BCUT2D eigenvalue weighted by molar-refractivity contribution is 5.92. The molecule has 1 saturated heterocycles. The number of nitrogens with zero attached hydrogens (tertiary/aromatic N) is 1. The maximum atomic E-state index is 12.2. The first-order valence-electron chi connectivity index (χ1n) is 7.31. The molecule has 22 heavy (non-hydrogen) atoms. The standard InChI is InChI=1S/C16H20N2O4/c1-11-5-4-6-12(9-11)16(21)22-10-14(19)18-8-3-2-7-13(18)15(17)20/h4-6,9,13H,2-3,7-8,10H2,1H3,(H2,17,20)/t13-/m0/s1. The Hall–Kier alpha value is -2.37. The maximum absolute atomic E-state index is 12.2. The predicted molar refractivity (Wildman–Crippen MR) is 80.0 cm³/mol. The monoisotopic (exact) mass is 304 g/mol. The van der Waals surface area contributed by atoms with Crippen LogP contribution in [0.4, 0.5) is 0 Å². The summed E-state index contributed by atoms with van der Waals surface area (Å²) in [5.74, 6) is -1.45. The van der Waals surface area contributed by atoms with Crippen LogP contribution in [0.2, 0.25) is 0 Å². The average Bonchev–Trinajstić information content (AvgIpc) is 2.52. The molecule has 0 aliphatic carbocycles. The molecule has 6 nitrogen and oxygen atoms in total. The Morgan fingerprint density at radius 2 is 2.09 bits per heavy atom. The van der Waals surface area contributed by atoms with Gasteiger partial charge in [0.15, 0.2) is 6.61 Å². The van der Waals surface area contributed by atoms with E-state index in [0.717, 1.165) is 18.4 Å². The SMILES string of the molecule is Cc1cccc(C(=O)OCC(=O)N2CCCC[C@H]2C(N)=O)c1. The number of nitrogens with two attached hydrogens (primary N) is 1. The molecule has 0 spiro atoms. The zero-order chi connectivity index (χ0) is 16.1. The second-order valence-electron chi connectivity index (χ2n) is 5.45. The van der Waals surface area contributed by atoms with Crippen molar-refractivity contribution in [1.29, 1.82) is 0 Å². The lowest BCUT2D eigenvalue weighted by Crippen LogP contribution is -2.51. The van der Waals surface area contributed by atoms with E-state index in [9.17, 15) is 14.4 Å². The molecule has 0 saturated carbocycles. The quantitative estimate of drug-likeness (QED) is 0.841. The second kappa shape index (κ2) is 7.06. The summed E-state index contributed by atoms with van der Waals surface area (Å²) >= 11 is 0. The lowest BCUT2D eigenvalue weighted by Gasteiger charge is -2.33. The summed E-state index contributed by atoms with van der Waals surface area (Å²) in [5.41, 5.74) is 6.66. The van der Waals surface area contributed by atoms with Gasteiger partial charge in [-0.1, -0.05) is 17.7 Å². The van der Waals surface area contributed by atoms with Gasteiger partial charge >= 0.3 is 5.97 Å². The van der Waals surface area contributed by atoms with E-state index >= 15 is 0 Å². The molecule has 1 fully saturated rings. The minimum Gasteiger partial charge on any atom is -0.452 e. The molecule has 118 valence electrons. The van der Waals surface area contributed by atoms with Crippen LogP contribution < -0.4 is 5.73 Å². The van der Waals surface area contributed by atoms with Crippen molar-refractivity contribution in [2.45, 2.75) is 32.2 Å². The van der Waals surface area contributed by atoms with Crippen LogP contribution in [0, 0.1) is 6.92 Å². The number of benzene rings is 1. The summed E-state index contributed by atoms with van der Waals surface area (Å²) in [4.78, 5) is 36.9. The van der Waals surface area contributed by atoms with Crippen molar-refractivity contribution in [2.75, 3.05) is 13.2 Å². The molecule has 6 heteroatoms. The summed E-state index contributed by atoms with van der Waals surface area (Å²) in [5, 5.41) is 0. The van der Waals surface area contributed by atoms with E-state index in [1.165, 1.54) is 4.90 Å². The van der Waals surface area contributed by atoms with Crippen molar-refractivity contribution < 1.29 is 19.1 Å². The van der Waals surface area contributed by atoms with E-state index in [0.29, 0.717) is 18.5 Å². The smallest absolute Gasteiger partial charge is 0.338 e. The molecule has 0 aromatic heterocycles. The van der Waals surface area contributed by atoms with Crippen molar-refractivity contribution >= 4 is 17.8 Å². The fraction of sp³-hybridized carbons (Fsp3) is 0.438. The largest absolute Gasteiger partial charge is 0.452 e. The van der Waals surface area contributed by atoms with E-state index in [1.807, 2.05) is 13.0 Å².